The standard InChI is InChI=1S/C17H26N2O2/c1-4-19(5-2)16(15-9-7-6-8-10-15)13-18-12-14(3)11-17(20)21/h6-11,16,18H,4-5,12-13H2,1-3H3,(H,20,21)/b14-11+. The van der Waals surface area contributed by atoms with Crippen LogP contribution in [0, 0.1) is 0 Å². The highest BCUT2D eigenvalue weighted by Crippen LogP contribution is 2.19. The van der Waals surface area contributed by atoms with Crippen LogP contribution in [-0.4, -0.2) is 42.2 Å². The number of aliphatic carboxylic acids is 1. The maximum atomic E-state index is 10.6. The van der Waals surface area contributed by atoms with Crippen LogP contribution < -0.4 is 5.32 Å². The second-order valence-corrected chi connectivity index (χ2v) is 5.11. The molecule has 1 atom stereocenters. The van der Waals surface area contributed by atoms with E-state index < -0.39 is 5.97 Å². The number of hydrogen-bond donors (Lipinski definition) is 2. The van der Waals surface area contributed by atoms with Crippen LogP contribution in [0.5, 0.6) is 0 Å². The van der Waals surface area contributed by atoms with Gasteiger partial charge in [0.15, 0.2) is 0 Å². The summed E-state index contributed by atoms with van der Waals surface area (Å²) in [5.41, 5.74) is 2.11. The maximum Gasteiger partial charge on any atom is 0.328 e. The van der Waals surface area contributed by atoms with Gasteiger partial charge in [-0.25, -0.2) is 4.79 Å². The smallest absolute Gasteiger partial charge is 0.328 e. The lowest BCUT2D eigenvalue weighted by Crippen LogP contribution is -2.36. The zero-order valence-corrected chi connectivity index (χ0v) is 13.2. The summed E-state index contributed by atoms with van der Waals surface area (Å²) < 4.78 is 0. The Labute approximate surface area is 127 Å². The van der Waals surface area contributed by atoms with Gasteiger partial charge in [-0.15, -0.1) is 0 Å². The maximum absolute atomic E-state index is 10.6. The van der Waals surface area contributed by atoms with Gasteiger partial charge in [0.05, 0.1) is 0 Å². The lowest BCUT2D eigenvalue weighted by Gasteiger charge is -2.30. The van der Waals surface area contributed by atoms with Gasteiger partial charge in [0.2, 0.25) is 0 Å². The van der Waals surface area contributed by atoms with E-state index in [-0.39, 0.29) is 0 Å². The fraction of sp³-hybridized carbons (Fsp3) is 0.471. The summed E-state index contributed by atoms with van der Waals surface area (Å²) in [5.74, 6) is -0.891. The summed E-state index contributed by atoms with van der Waals surface area (Å²) in [6.45, 7) is 9.52. The van der Waals surface area contributed by atoms with Crippen molar-refractivity contribution < 1.29 is 9.90 Å². The molecule has 0 aromatic heterocycles. The van der Waals surface area contributed by atoms with Crippen LogP contribution in [0.2, 0.25) is 0 Å². The first-order valence-electron chi connectivity index (χ1n) is 7.48. The minimum atomic E-state index is -0.891. The normalized spacial score (nSPS) is 13.4. The monoisotopic (exact) mass is 290 g/mol. The molecule has 0 saturated carbocycles. The number of carboxylic acid groups (broad SMARTS) is 1. The van der Waals surface area contributed by atoms with Crippen LogP contribution in [0.15, 0.2) is 42.0 Å². The number of hydrogen-bond acceptors (Lipinski definition) is 3. The molecule has 4 heteroatoms. The molecule has 21 heavy (non-hydrogen) atoms. The SMILES string of the molecule is CCN(CC)C(CNC/C(C)=C/C(=O)O)c1ccccc1. The van der Waals surface area contributed by atoms with Crippen molar-refractivity contribution in [2.45, 2.75) is 26.8 Å². The van der Waals surface area contributed by atoms with Gasteiger partial charge in [0, 0.05) is 25.2 Å². The lowest BCUT2D eigenvalue weighted by molar-refractivity contribution is -0.131. The van der Waals surface area contributed by atoms with Crippen molar-refractivity contribution in [3.63, 3.8) is 0 Å². The summed E-state index contributed by atoms with van der Waals surface area (Å²) in [4.78, 5) is 13.0. The van der Waals surface area contributed by atoms with E-state index in [1.165, 1.54) is 11.6 Å². The summed E-state index contributed by atoms with van der Waals surface area (Å²) in [7, 11) is 0. The van der Waals surface area contributed by atoms with Crippen LogP contribution in [0.1, 0.15) is 32.4 Å². The Balaban J connectivity index is 2.69. The molecular formula is C17H26N2O2. The molecule has 116 valence electrons. The third kappa shape index (κ3) is 6.10. The number of carbonyl (C=O) groups is 1. The average molecular weight is 290 g/mol. The molecule has 0 aliphatic carbocycles. The van der Waals surface area contributed by atoms with Gasteiger partial charge in [0.1, 0.15) is 0 Å². The van der Waals surface area contributed by atoms with Crippen molar-refractivity contribution in [2.24, 2.45) is 0 Å². The number of likely N-dealkylation sites (N-methyl/N-ethyl adjacent to an activating group) is 1. The van der Waals surface area contributed by atoms with E-state index >= 15 is 0 Å². The highest BCUT2D eigenvalue weighted by Gasteiger charge is 2.17. The molecule has 2 N–H and O–H groups in total. The zero-order chi connectivity index (χ0) is 15.7. The molecule has 0 aliphatic rings. The highest BCUT2D eigenvalue weighted by molar-refractivity contribution is 5.80. The van der Waals surface area contributed by atoms with Gasteiger partial charge in [-0.05, 0) is 25.6 Å². The molecule has 0 radical (unpaired) electrons. The second-order valence-electron chi connectivity index (χ2n) is 5.11. The minimum Gasteiger partial charge on any atom is -0.478 e. The Hall–Kier alpha value is -1.65. The van der Waals surface area contributed by atoms with Gasteiger partial charge >= 0.3 is 5.97 Å². The van der Waals surface area contributed by atoms with E-state index in [0.29, 0.717) is 12.6 Å². The quantitative estimate of drug-likeness (QED) is 0.687. The fourth-order valence-electron chi connectivity index (χ4n) is 2.47. The predicted octanol–water partition coefficient (Wildman–Crippen LogP) is 2.69. The number of nitrogens with zero attached hydrogens (tertiary/aromatic N) is 1. The molecule has 0 fully saturated rings. The zero-order valence-electron chi connectivity index (χ0n) is 13.2. The third-order valence-corrected chi connectivity index (χ3v) is 3.55. The second kappa shape index (κ2) is 9.32. The Kier molecular flexibility index (Phi) is 7.72. The topological polar surface area (TPSA) is 52.6 Å². The Morgan fingerprint density at radius 1 is 1.29 bits per heavy atom. The van der Waals surface area contributed by atoms with Crippen LogP contribution in [0.4, 0.5) is 0 Å². The van der Waals surface area contributed by atoms with Crippen molar-refractivity contribution in [3.8, 4) is 0 Å². The number of benzene rings is 1. The van der Waals surface area contributed by atoms with E-state index in [2.05, 4.69) is 48.3 Å². The molecule has 0 saturated heterocycles. The summed E-state index contributed by atoms with van der Waals surface area (Å²) in [5, 5.41) is 12.1. The van der Waals surface area contributed by atoms with Crippen molar-refractivity contribution in [1.82, 2.24) is 10.2 Å². The summed E-state index contributed by atoms with van der Waals surface area (Å²) in [6, 6.07) is 10.7. The van der Waals surface area contributed by atoms with Gasteiger partial charge < -0.3 is 10.4 Å². The van der Waals surface area contributed by atoms with Gasteiger partial charge in [-0.3, -0.25) is 4.90 Å². The van der Waals surface area contributed by atoms with E-state index in [0.717, 1.165) is 25.2 Å². The molecule has 0 amide bonds. The fourth-order valence-corrected chi connectivity index (χ4v) is 2.47. The molecule has 1 unspecified atom stereocenters. The van der Waals surface area contributed by atoms with E-state index in [1.807, 2.05) is 13.0 Å². The molecule has 0 bridgehead atoms. The Bertz CT molecular complexity index is 453. The van der Waals surface area contributed by atoms with Gasteiger partial charge in [-0.1, -0.05) is 49.8 Å². The van der Waals surface area contributed by atoms with Crippen LogP contribution in [0.25, 0.3) is 0 Å². The number of carboxylic acids is 1. The number of nitrogens with one attached hydrogen (secondary N) is 1. The van der Waals surface area contributed by atoms with Crippen molar-refractivity contribution in [1.29, 1.82) is 0 Å². The highest BCUT2D eigenvalue weighted by atomic mass is 16.4. The molecule has 1 rings (SSSR count). The summed E-state index contributed by atoms with van der Waals surface area (Å²) >= 11 is 0. The van der Waals surface area contributed by atoms with Crippen molar-refractivity contribution in [2.75, 3.05) is 26.2 Å². The lowest BCUT2D eigenvalue weighted by atomic mass is 10.0. The van der Waals surface area contributed by atoms with Crippen molar-refractivity contribution >= 4 is 5.97 Å². The van der Waals surface area contributed by atoms with Gasteiger partial charge in [-0.2, -0.15) is 0 Å². The molecule has 0 heterocycles. The van der Waals surface area contributed by atoms with Gasteiger partial charge in [0.25, 0.3) is 0 Å². The minimum absolute atomic E-state index is 0.304. The van der Waals surface area contributed by atoms with Crippen LogP contribution >= 0.6 is 0 Å². The number of rotatable bonds is 9. The van der Waals surface area contributed by atoms with Crippen LogP contribution in [0.3, 0.4) is 0 Å². The first kappa shape index (κ1) is 17.4. The first-order valence-corrected chi connectivity index (χ1v) is 7.48. The van der Waals surface area contributed by atoms with E-state index in [9.17, 15) is 4.79 Å². The average Bonchev–Trinajstić information content (AvgIpc) is 2.47. The Morgan fingerprint density at radius 3 is 2.43 bits per heavy atom. The molecule has 0 aliphatic heterocycles. The van der Waals surface area contributed by atoms with Crippen molar-refractivity contribution in [3.05, 3.63) is 47.5 Å². The Morgan fingerprint density at radius 2 is 1.90 bits per heavy atom. The molecule has 1 aromatic carbocycles. The summed E-state index contributed by atoms with van der Waals surface area (Å²) in [6.07, 6.45) is 1.25. The third-order valence-electron chi connectivity index (χ3n) is 3.55. The molecule has 0 spiro atoms. The molecule has 1 aromatic rings. The first-order chi connectivity index (χ1) is 10.1. The largest absolute Gasteiger partial charge is 0.478 e. The molecular weight excluding hydrogens is 264 g/mol. The predicted molar refractivity (Wildman–Crippen MR) is 86.4 cm³/mol. The van der Waals surface area contributed by atoms with E-state index in [4.69, 9.17) is 5.11 Å². The van der Waals surface area contributed by atoms with Crippen LogP contribution in [-0.2, 0) is 4.79 Å². The molecule has 4 nitrogen and oxygen atoms in total. The van der Waals surface area contributed by atoms with E-state index in [1.54, 1.807) is 0 Å².